The number of fused-ring (bicyclic) bond motifs is 1. The van der Waals surface area contributed by atoms with Gasteiger partial charge >= 0.3 is 5.97 Å². The first-order valence-corrected chi connectivity index (χ1v) is 9.35. The lowest BCUT2D eigenvalue weighted by molar-refractivity contribution is -0.126. The molecule has 5 nitrogen and oxygen atoms in total. The van der Waals surface area contributed by atoms with Gasteiger partial charge < -0.3 is 9.64 Å². The minimum Gasteiger partial charge on any atom is -0.449 e. The van der Waals surface area contributed by atoms with Crippen LogP contribution >= 0.6 is 11.8 Å². The number of aryl methyl sites for hydroxylation is 1. The average Bonchev–Trinajstić information content (AvgIpc) is 2.66. The van der Waals surface area contributed by atoms with Crippen molar-refractivity contribution < 1.29 is 23.1 Å². The number of pyridine rings is 1. The first-order valence-electron chi connectivity index (χ1n) is 8.47. The number of alkyl halides is 2. The standard InChI is InChI=1S/C19H18F2N2O3S/c1-12(17(24)23-11-5-7-13-6-2-3-9-15(13)23)26-18(25)14-8-4-10-22-16(14)27-19(20)21/h2-4,6,8-10,12,19H,5,7,11H2,1H3. The van der Waals surface area contributed by atoms with E-state index < -0.39 is 17.8 Å². The highest BCUT2D eigenvalue weighted by Gasteiger charge is 2.29. The van der Waals surface area contributed by atoms with E-state index in [2.05, 4.69) is 4.98 Å². The maximum Gasteiger partial charge on any atom is 0.341 e. The van der Waals surface area contributed by atoms with Crippen LogP contribution in [0.15, 0.2) is 47.6 Å². The van der Waals surface area contributed by atoms with Gasteiger partial charge in [0.05, 0.1) is 5.56 Å². The van der Waals surface area contributed by atoms with E-state index in [1.807, 2.05) is 24.3 Å². The number of nitrogens with zero attached hydrogens (tertiary/aromatic N) is 2. The van der Waals surface area contributed by atoms with Gasteiger partial charge in [-0.25, -0.2) is 9.78 Å². The van der Waals surface area contributed by atoms with E-state index in [9.17, 15) is 18.4 Å². The Labute approximate surface area is 159 Å². The van der Waals surface area contributed by atoms with Gasteiger partial charge in [-0.15, -0.1) is 0 Å². The molecule has 8 heteroatoms. The zero-order valence-corrected chi connectivity index (χ0v) is 15.4. The third kappa shape index (κ3) is 4.44. The SMILES string of the molecule is CC(OC(=O)c1cccnc1SC(F)F)C(=O)N1CCCc2ccccc21. The molecular weight excluding hydrogens is 374 g/mol. The molecule has 2 heterocycles. The van der Waals surface area contributed by atoms with Crippen LogP contribution in [0.2, 0.25) is 0 Å². The van der Waals surface area contributed by atoms with Gasteiger partial charge in [-0.1, -0.05) is 18.2 Å². The Morgan fingerprint density at radius 1 is 1.22 bits per heavy atom. The molecule has 142 valence electrons. The van der Waals surface area contributed by atoms with Crippen molar-refractivity contribution >= 4 is 29.3 Å². The molecule has 1 aliphatic rings. The van der Waals surface area contributed by atoms with Crippen LogP contribution < -0.4 is 4.90 Å². The van der Waals surface area contributed by atoms with Gasteiger partial charge in [0.25, 0.3) is 11.7 Å². The molecule has 1 aliphatic heterocycles. The molecule has 1 atom stereocenters. The largest absolute Gasteiger partial charge is 0.449 e. The quantitative estimate of drug-likeness (QED) is 0.570. The molecular formula is C19H18F2N2O3S. The molecule has 0 radical (unpaired) electrons. The van der Waals surface area contributed by atoms with Crippen molar-refractivity contribution in [1.29, 1.82) is 0 Å². The second kappa shape index (κ2) is 8.47. The zero-order chi connectivity index (χ0) is 19.4. The van der Waals surface area contributed by atoms with Gasteiger partial charge in [0, 0.05) is 18.4 Å². The van der Waals surface area contributed by atoms with Crippen LogP contribution in [-0.4, -0.2) is 35.3 Å². The Morgan fingerprint density at radius 2 is 2.00 bits per heavy atom. The molecule has 0 N–H and O–H groups in total. The molecule has 2 aromatic rings. The van der Waals surface area contributed by atoms with Crippen LogP contribution in [0, 0.1) is 0 Å². The van der Waals surface area contributed by atoms with Crippen molar-refractivity contribution in [2.75, 3.05) is 11.4 Å². The molecule has 1 amide bonds. The summed E-state index contributed by atoms with van der Waals surface area (Å²) in [5.74, 6) is -3.91. The van der Waals surface area contributed by atoms with Gasteiger partial charge in [0.15, 0.2) is 6.10 Å². The van der Waals surface area contributed by atoms with Crippen LogP contribution in [0.25, 0.3) is 0 Å². The summed E-state index contributed by atoms with van der Waals surface area (Å²) in [4.78, 5) is 30.6. The molecule has 3 rings (SSSR count). The van der Waals surface area contributed by atoms with Crippen LogP contribution in [0.1, 0.15) is 29.3 Å². The van der Waals surface area contributed by atoms with Gasteiger partial charge in [-0.05, 0) is 55.3 Å². The molecule has 0 saturated heterocycles. The van der Waals surface area contributed by atoms with Gasteiger partial charge in [-0.2, -0.15) is 8.78 Å². The molecule has 1 aromatic carbocycles. The number of benzene rings is 1. The number of anilines is 1. The number of carbonyl (C=O) groups is 2. The fourth-order valence-corrected chi connectivity index (χ4v) is 3.55. The van der Waals surface area contributed by atoms with E-state index >= 15 is 0 Å². The van der Waals surface area contributed by atoms with Crippen LogP contribution in [-0.2, 0) is 16.0 Å². The Bertz CT molecular complexity index is 847. The van der Waals surface area contributed by atoms with Crippen molar-refractivity contribution in [3.8, 4) is 0 Å². The molecule has 1 unspecified atom stereocenters. The number of thioether (sulfide) groups is 1. The summed E-state index contributed by atoms with van der Waals surface area (Å²) in [7, 11) is 0. The maximum absolute atomic E-state index is 12.8. The number of esters is 1. The number of para-hydroxylation sites is 1. The lowest BCUT2D eigenvalue weighted by Crippen LogP contribution is -2.42. The lowest BCUT2D eigenvalue weighted by atomic mass is 10.0. The fourth-order valence-electron chi connectivity index (χ4n) is 2.98. The summed E-state index contributed by atoms with van der Waals surface area (Å²) in [6.45, 7) is 2.02. The van der Waals surface area contributed by atoms with E-state index in [0.717, 1.165) is 24.1 Å². The predicted molar refractivity (Wildman–Crippen MR) is 98.1 cm³/mol. The zero-order valence-electron chi connectivity index (χ0n) is 14.6. The summed E-state index contributed by atoms with van der Waals surface area (Å²) in [6, 6.07) is 10.4. The molecule has 0 spiro atoms. The van der Waals surface area contributed by atoms with E-state index in [0.29, 0.717) is 6.54 Å². The fraction of sp³-hybridized carbons (Fsp3) is 0.316. The molecule has 0 fully saturated rings. The Morgan fingerprint density at radius 3 is 2.78 bits per heavy atom. The normalized spacial score (nSPS) is 14.6. The molecule has 1 aromatic heterocycles. The minimum atomic E-state index is -2.71. The lowest BCUT2D eigenvalue weighted by Gasteiger charge is -2.31. The first kappa shape index (κ1) is 19.3. The number of hydrogen-bond acceptors (Lipinski definition) is 5. The van der Waals surface area contributed by atoms with Gasteiger partial charge in [0.1, 0.15) is 5.03 Å². The summed E-state index contributed by atoms with van der Waals surface area (Å²) < 4.78 is 30.6. The summed E-state index contributed by atoms with van der Waals surface area (Å²) in [5.41, 5.74) is 1.80. The number of carbonyl (C=O) groups excluding carboxylic acids is 2. The summed E-state index contributed by atoms with van der Waals surface area (Å²) in [6.07, 6.45) is 1.98. The Balaban J connectivity index is 1.74. The number of rotatable bonds is 5. The van der Waals surface area contributed by atoms with Gasteiger partial charge in [0.2, 0.25) is 0 Å². The highest BCUT2D eigenvalue weighted by Crippen LogP contribution is 2.29. The van der Waals surface area contributed by atoms with E-state index in [-0.39, 0.29) is 28.3 Å². The van der Waals surface area contributed by atoms with E-state index in [4.69, 9.17) is 4.74 Å². The minimum absolute atomic E-state index is 0.0819. The maximum atomic E-state index is 12.8. The van der Waals surface area contributed by atoms with Crippen LogP contribution in [0.4, 0.5) is 14.5 Å². The van der Waals surface area contributed by atoms with Crippen molar-refractivity contribution in [1.82, 2.24) is 4.98 Å². The van der Waals surface area contributed by atoms with Crippen molar-refractivity contribution in [3.05, 3.63) is 53.7 Å². The monoisotopic (exact) mass is 392 g/mol. The first-order chi connectivity index (χ1) is 13.0. The number of halogens is 2. The van der Waals surface area contributed by atoms with Crippen molar-refractivity contribution in [3.63, 3.8) is 0 Å². The second-order valence-electron chi connectivity index (χ2n) is 6.00. The van der Waals surface area contributed by atoms with E-state index in [1.54, 1.807) is 4.90 Å². The highest BCUT2D eigenvalue weighted by molar-refractivity contribution is 7.99. The second-order valence-corrected chi connectivity index (χ2v) is 6.98. The van der Waals surface area contributed by atoms with Gasteiger partial charge in [-0.3, -0.25) is 4.79 Å². The summed E-state index contributed by atoms with van der Waals surface area (Å²) in [5, 5.41) is -0.125. The molecule has 0 bridgehead atoms. The topological polar surface area (TPSA) is 59.5 Å². The number of amides is 1. The van der Waals surface area contributed by atoms with Crippen LogP contribution in [0.5, 0.6) is 0 Å². The van der Waals surface area contributed by atoms with E-state index in [1.165, 1.54) is 25.3 Å². The molecule has 0 saturated carbocycles. The van der Waals surface area contributed by atoms with Crippen molar-refractivity contribution in [2.24, 2.45) is 0 Å². The third-order valence-electron chi connectivity index (χ3n) is 4.20. The highest BCUT2D eigenvalue weighted by atomic mass is 32.2. The average molecular weight is 392 g/mol. The van der Waals surface area contributed by atoms with Crippen molar-refractivity contribution in [2.45, 2.75) is 36.7 Å². The molecule has 0 aliphatic carbocycles. The van der Waals surface area contributed by atoms with Crippen LogP contribution in [0.3, 0.4) is 0 Å². The Hall–Kier alpha value is -2.48. The smallest absolute Gasteiger partial charge is 0.341 e. The number of aromatic nitrogens is 1. The molecule has 27 heavy (non-hydrogen) atoms. The summed E-state index contributed by atoms with van der Waals surface area (Å²) >= 11 is 0.167. The Kier molecular flexibility index (Phi) is 6.05. The third-order valence-corrected chi connectivity index (χ3v) is 4.93. The number of ether oxygens (including phenoxy) is 1. The number of hydrogen-bond donors (Lipinski definition) is 0. The predicted octanol–water partition coefficient (Wildman–Crippen LogP) is 3.92.